The van der Waals surface area contributed by atoms with Crippen LogP contribution in [0.2, 0.25) is 0 Å². The third-order valence-electron chi connectivity index (χ3n) is 4.49. The number of hydrogen-bond donors (Lipinski definition) is 2. The average Bonchev–Trinajstić information content (AvgIpc) is 2.71. The van der Waals surface area contributed by atoms with E-state index >= 15 is 0 Å². The van der Waals surface area contributed by atoms with Gasteiger partial charge >= 0.3 is 0 Å². The van der Waals surface area contributed by atoms with Crippen molar-refractivity contribution in [3.05, 3.63) is 35.1 Å². The van der Waals surface area contributed by atoms with E-state index in [-0.39, 0.29) is 42.2 Å². The van der Waals surface area contributed by atoms with Crippen molar-refractivity contribution in [1.82, 2.24) is 20.4 Å². The van der Waals surface area contributed by atoms with Crippen molar-refractivity contribution < 1.29 is 13.9 Å². The first-order valence-corrected chi connectivity index (χ1v) is 9.19. The topological polar surface area (TPSA) is 93.0 Å². The fourth-order valence-electron chi connectivity index (χ4n) is 2.96. The van der Waals surface area contributed by atoms with E-state index in [1.165, 1.54) is 18.2 Å². The molecule has 1 amide bonds. The fraction of sp³-hybridized carbons (Fsp3) is 0.526. The summed E-state index contributed by atoms with van der Waals surface area (Å²) in [4.78, 5) is 20.3. The van der Waals surface area contributed by atoms with Crippen molar-refractivity contribution in [2.45, 2.75) is 6.54 Å². The normalized spacial score (nSPS) is 14.7. The summed E-state index contributed by atoms with van der Waals surface area (Å²) in [6, 6.07) is 6.31. The van der Waals surface area contributed by atoms with E-state index in [0.29, 0.717) is 49.9 Å². The molecule has 1 aromatic rings. The molecular weight excluding hydrogens is 490 g/mol. The number of carbonyl (C=O) groups is 1. The molecule has 1 fully saturated rings. The lowest BCUT2D eigenvalue weighted by Gasteiger charge is -2.36. The van der Waals surface area contributed by atoms with E-state index in [4.69, 9.17) is 10.00 Å². The molecule has 1 saturated heterocycles. The number of hydrogen-bond acceptors (Lipinski definition) is 5. The Labute approximate surface area is 188 Å². The number of piperazine rings is 1. The Morgan fingerprint density at radius 3 is 2.66 bits per heavy atom. The number of nitrogens with one attached hydrogen (secondary N) is 2. The molecule has 1 aliphatic rings. The number of guanidine groups is 1. The minimum absolute atomic E-state index is 0. The first kappa shape index (κ1) is 25.1. The molecule has 0 saturated carbocycles. The van der Waals surface area contributed by atoms with E-state index in [9.17, 15) is 9.18 Å². The highest BCUT2D eigenvalue weighted by atomic mass is 127. The van der Waals surface area contributed by atoms with Crippen molar-refractivity contribution in [1.29, 1.82) is 5.26 Å². The van der Waals surface area contributed by atoms with Crippen LogP contribution in [0, 0.1) is 17.1 Å². The predicted octanol–water partition coefficient (Wildman–Crippen LogP) is 0.771. The number of ether oxygens (including phenoxy) is 1. The molecule has 1 aromatic carbocycles. The molecule has 0 bridgehead atoms. The summed E-state index contributed by atoms with van der Waals surface area (Å²) < 4.78 is 18.8. The second-order valence-electron chi connectivity index (χ2n) is 6.42. The van der Waals surface area contributed by atoms with Gasteiger partial charge in [-0.25, -0.2) is 4.39 Å². The zero-order valence-corrected chi connectivity index (χ0v) is 19.1. The highest BCUT2D eigenvalue weighted by Gasteiger charge is 2.21. The first-order valence-electron chi connectivity index (χ1n) is 9.19. The van der Waals surface area contributed by atoms with Gasteiger partial charge < -0.3 is 20.3 Å². The summed E-state index contributed by atoms with van der Waals surface area (Å²) >= 11 is 0. The zero-order valence-electron chi connectivity index (χ0n) is 16.8. The fourth-order valence-corrected chi connectivity index (χ4v) is 2.96. The van der Waals surface area contributed by atoms with Crippen molar-refractivity contribution in [2.75, 3.05) is 60.0 Å². The molecule has 0 spiro atoms. The molecule has 2 rings (SSSR count). The second-order valence-corrected chi connectivity index (χ2v) is 6.42. The number of nitriles is 1. The van der Waals surface area contributed by atoms with Gasteiger partial charge in [0.2, 0.25) is 5.91 Å². The van der Waals surface area contributed by atoms with Crippen LogP contribution in [-0.2, 0) is 16.1 Å². The predicted molar refractivity (Wildman–Crippen MR) is 120 cm³/mol. The van der Waals surface area contributed by atoms with E-state index < -0.39 is 0 Å². The molecule has 0 unspecified atom stereocenters. The molecule has 29 heavy (non-hydrogen) atoms. The smallest absolute Gasteiger partial charge is 0.234 e. The van der Waals surface area contributed by atoms with Gasteiger partial charge in [-0.05, 0) is 18.2 Å². The summed E-state index contributed by atoms with van der Waals surface area (Å²) in [5.41, 5.74) is 0.845. The van der Waals surface area contributed by atoms with Gasteiger partial charge in [-0.15, -0.1) is 24.0 Å². The maximum atomic E-state index is 13.9. The number of carbonyl (C=O) groups excluding carboxylic acids is 1. The van der Waals surface area contributed by atoms with E-state index in [2.05, 4.69) is 25.4 Å². The molecular formula is C19H28FIN6O2. The highest BCUT2D eigenvalue weighted by molar-refractivity contribution is 14.0. The van der Waals surface area contributed by atoms with Crippen LogP contribution in [0.25, 0.3) is 0 Å². The van der Waals surface area contributed by atoms with Gasteiger partial charge in [-0.2, -0.15) is 5.26 Å². The Bertz CT molecular complexity index is 732. The lowest BCUT2D eigenvalue weighted by molar-refractivity contribution is -0.122. The Balaban J connectivity index is 0.00000420. The van der Waals surface area contributed by atoms with E-state index in [1.807, 2.05) is 6.07 Å². The van der Waals surface area contributed by atoms with Gasteiger partial charge in [-0.3, -0.25) is 14.7 Å². The highest BCUT2D eigenvalue weighted by Crippen LogP contribution is 2.10. The van der Waals surface area contributed by atoms with Crippen LogP contribution in [0.1, 0.15) is 11.1 Å². The third kappa shape index (κ3) is 8.12. The second kappa shape index (κ2) is 13.3. The van der Waals surface area contributed by atoms with E-state index in [1.54, 1.807) is 14.2 Å². The van der Waals surface area contributed by atoms with Crippen LogP contribution in [0.15, 0.2) is 23.2 Å². The van der Waals surface area contributed by atoms with Gasteiger partial charge in [-0.1, -0.05) is 0 Å². The molecule has 2 N–H and O–H groups in total. The van der Waals surface area contributed by atoms with Gasteiger partial charge in [0.15, 0.2) is 5.96 Å². The number of amides is 1. The monoisotopic (exact) mass is 518 g/mol. The average molecular weight is 518 g/mol. The molecule has 8 nitrogen and oxygen atoms in total. The summed E-state index contributed by atoms with van der Waals surface area (Å²) in [6.45, 7) is 4.51. The first-order chi connectivity index (χ1) is 13.6. The third-order valence-corrected chi connectivity index (χ3v) is 4.49. The SMILES string of the molecule is CN=C(NCc1cc(C#N)ccc1F)N1CCN(CC(=O)NCCOC)CC1.I. The molecule has 0 atom stereocenters. The van der Waals surface area contributed by atoms with Gasteiger partial charge in [0.05, 0.1) is 24.8 Å². The Morgan fingerprint density at radius 1 is 1.31 bits per heavy atom. The molecule has 0 aromatic heterocycles. The minimum Gasteiger partial charge on any atom is -0.383 e. The number of halogens is 2. The van der Waals surface area contributed by atoms with Crippen molar-refractivity contribution in [3.63, 3.8) is 0 Å². The molecule has 0 aliphatic carbocycles. The molecule has 1 aliphatic heterocycles. The van der Waals surface area contributed by atoms with Crippen molar-refractivity contribution in [3.8, 4) is 6.07 Å². The summed E-state index contributed by atoms with van der Waals surface area (Å²) in [5, 5.41) is 14.9. The molecule has 1 heterocycles. The van der Waals surface area contributed by atoms with Crippen molar-refractivity contribution >= 4 is 35.8 Å². The van der Waals surface area contributed by atoms with Crippen LogP contribution in [-0.4, -0.2) is 81.7 Å². The minimum atomic E-state index is -0.355. The number of benzene rings is 1. The molecule has 0 radical (unpaired) electrons. The molecule has 160 valence electrons. The van der Waals surface area contributed by atoms with Crippen LogP contribution >= 0.6 is 24.0 Å². The molecule has 10 heteroatoms. The number of nitrogens with zero attached hydrogens (tertiary/aromatic N) is 4. The lowest BCUT2D eigenvalue weighted by Crippen LogP contribution is -2.54. The summed E-state index contributed by atoms with van der Waals surface area (Å²) in [7, 11) is 3.28. The van der Waals surface area contributed by atoms with Gasteiger partial charge in [0, 0.05) is 59.0 Å². The van der Waals surface area contributed by atoms with Crippen LogP contribution in [0.4, 0.5) is 4.39 Å². The van der Waals surface area contributed by atoms with Crippen molar-refractivity contribution in [2.24, 2.45) is 4.99 Å². The zero-order chi connectivity index (χ0) is 20.4. The lowest BCUT2D eigenvalue weighted by atomic mass is 10.1. The van der Waals surface area contributed by atoms with Crippen LogP contribution < -0.4 is 10.6 Å². The maximum Gasteiger partial charge on any atom is 0.234 e. The quantitative estimate of drug-likeness (QED) is 0.240. The largest absolute Gasteiger partial charge is 0.383 e. The summed E-state index contributed by atoms with van der Waals surface area (Å²) in [5.74, 6) is 0.304. The van der Waals surface area contributed by atoms with Crippen LogP contribution in [0.3, 0.4) is 0 Å². The number of methoxy groups -OCH3 is 1. The van der Waals surface area contributed by atoms with Crippen LogP contribution in [0.5, 0.6) is 0 Å². The Hall–Kier alpha value is -1.97. The standard InChI is InChI=1S/C19H27FN6O2.HI/c1-22-19(24-13-16-11-15(12-21)3-4-17(16)20)26-8-6-25(7-9-26)14-18(27)23-5-10-28-2;/h3-4,11H,5-10,13-14H2,1-2H3,(H,22,24)(H,23,27);1H. The Kier molecular flexibility index (Phi) is 11.5. The number of aliphatic imine (C=N–C) groups is 1. The van der Waals surface area contributed by atoms with Gasteiger partial charge in [0.25, 0.3) is 0 Å². The maximum absolute atomic E-state index is 13.9. The number of rotatable bonds is 7. The van der Waals surface area contributed by atoms with Gasteiger partial charge in [0.1, 0.15) is 5.82 Å². The summed E-state index contributed by atoms with van der Waals surface area (Å²) in [6.07, 6.45) is 0. The van der Waals surface area contributed by atoms with E-state index in [0.717, 1.165) is 13.1 Å². The Morgan fingerprint density at radius 2 is 2.03 bits per heavy atom.